The van der Waals surface area contributed by atoms with E-state index in [1.165, 1.54) is 18.2 Å². The largest absolute Gasteiger partial charge is 0.480 e. The monoisotopic (exact) mass is 419 g/mol. The SMILES string of the molecule is CCOC(O)=C(C(=O)Nc1ccccc1)C(N)=NNc1cc(Cl)ccc1[N+](=O)[O-]. The van der Waals surface area contributed by atoms with Gasteiger partial charge in [0.2, 0.25) is 0 Å². The van der Waals surface area contributed by atoms with Gasteiger partial charge in [0.15, 0.2) is 11.4 Å². The van der Waals surface area contributed by atoms with Crippen molar-refractivity contribution in [2.24, 2.45) is 10.8 Å². The number of nitro benzene ring substituents is 1. The number of nitrogens with one attached hydrogen (secondary N) is 2. The molecule has 0 bridgehead atoms. The fraction of sp³-hybridized carbons (Fsp3) is 0.111. The van der Waals surface area contributed by atoms with E-state index in [0.717, 1.165) is 0 Å². The summed E-state index contributed by atoms with van der Waals surface area (Å²) in [5, 5.41) is 27.8. The number of carbonyl (C=O) groups is 1. The van der Waals surface area contributed by atoms with Crippen molar-refractivity contribution in [1.29, 1.82) is 0 Å². The number of aliphatic hydroxyl groups is 1. The van der Waals surface area contributed by atoms with Crippen molar-refractivity contribution in [3.63, 3.8) is 0 Å². The molecule has 29 heavy (non-hydrogen) atoms. The van der Waals surface area contributed by atoms with E-state index in [4.69, 9.17) is 22.1 Å². The molecular weight excluding hydrogens is 402 g/mol. The lowest BCUT2D eigenvalue weighted by Crippen LogP contribution is -2.29. The van der Waals surface area contributed by atoms with Gasteiger partial charge in [-0.15, -0.1) is 0 Å². The highest BCUT2D eigenvalue weighted by molar-refractivity contribution is 6.31. The van der Waals surface area contributed by atoms with Crippen molar-refractivity contribution in [1.82, 2.24) is 0 Å². The number of nitrogens with two attached hydrogens (primary N) is 1. The molecule has 2 aromatic carbocycles. The van der Waals surface area contributed by atoms with E-state index in [1.54, 1.807) is 37.3 Å². The molecule has 0 unspecified atom stereocenters. The predicted octanol–water partition coefficient (Wildman–Crippen LogP) is 3.38. The number of para-hydroxylation sites is 1. The summed E-state index contributed by atoms with van der Waals surface area (Å²) < 4.78 is 4.97. The fourth-order valence-electron chi connectivity index (χ4n) is 2.18. The minimum absolute atomic E-state index is 0.0517. The quantitative estimate of drug-likeness (QED) is 0.128. The van der Waals surface area contributed by atoms with Crippen LogP contribution >= 0.6 is 11.6 Å². The number of nitrogens with zero attached hydrogens (tertiary/aromatic N) is 2. The van der Waals surface area contributed by atoms with Crippen LogP contribution in [-0.4, -0.2) is 28.4 Å². The first-order chi connectivity index (χ1) is 13.8. The van der Waals surface area contributed by atoms with Crippen LogP contribution in [0.1, 0.15) is 6.92 Å². The van der Waals surface area contributed by atoms with Gasteiger partial charge >= 0.3 is 0 Å². The second-order valence-electron chi connectivity index (χ2n) is 5.46. The number of anilines is 2. The molecule has 11 heteroatoms. The molecule has 0 aliphatic heterocycles. The third-order valence-corrected chi connectivity index (χ3v) is 3.70. The van der Waals surface area contributed by atoms with Crippen LogP contribution in [-0.2, 0) is 9.53 Å². The molecule has 0 radical (unpaired) electrons. The smallest absolute Gasteiger partial charge is 0.294 e. The molecule has 0 aliphatic rings. The van der Waals surface area contributed by atoms with Crippen LogP contribution in [0.2, 0.25) is 5.02 Å². The average molecular weight is 420 g/mol. The van der Waals surface area contributed by atoms with Gasteiger partial charge in [-0.25, -0.2) is 0 Å². The summed E-state index contributed by atoms with van der Waals surface area (Å²) in [6, 6.07) is 12.2. The molecule has 0 fully saturated rings. The number of halogens is 1. The first-order valence-corrected chi connectivity index (χ1v) is 8.67. The Morgan fingerprint density at radius 1 is 1.31 bits per heavy atom. The number of rotatable bonds is 8. The standard InChI is InChI=1S/C18H18ClN5O5/c1-2-29-18(26)15(17(25)21-12-6-4-3-5-7-12)16(20)23-22-13-10-11(19)8-9-14(13)24(27)28/h3-10,22,26H,2H2,1H3,(H2,20,23)(H,21,25). The summed E-state index contributed by atoms with van der Waals surface area (Å²) in [6.07, 6.45) is 0. The van der Waals surface area contributed by atoms with E-state index in [1.807, 2.05) is 0 Å². The molecule has 5 N–H and O–H groups in total. The number of hydrogen-bond donors (Lipinski definition) is 4. The lowest BCUT2D eigenvalue weighted by molar-refractivity contribution is -0.384. The van der Waals surface area contributed by atoms with Crippen LogP contribution < -0.4 is 16.5 Å². The minimum atomic E-state index is -0.786. The molecule has 0 atom stereocenters. The highest BCUT2D eigenvalue weighted by Crippen LogP contribution is 2.27. The fourth-order valence-corrected chi connectivity index (χ4v) is 2.35. The zero-order valence-corrected chi connectivity index (χ0v) is 16.0. The lowest BCUT2D eigenvalue weighted by Gasteiger charge is -2.11. The summed E-state index contributed by atoms with van der Waals surface area (Å²) in [5.41, 5.74) is 7.87. The van der Waals surface area contributed by atoms with Crippen molar-refractivity contribution in [2.75, 3.05) is 17.3 Å². The van der Waals surface area contributed by atoms with Gasteiger partial charge in [0.1, 0.15) is 5.69 Å². The maximum Gasteiger partial charge on any atom is 0.294 e. The van der Waals surface area contributed by atoms with E-state index in [-0.39, 0.29) is 23.0 Å². The third-order valence-electron chi connectivity index (χ3n) is 3.46. The molecule has 0 aromatic heterocycles. The van der Waals surface area contributed by atoms with E-state index in [0.29, 0.717) is 5.69 Å². The number of carbonyl (C=O) groups excluding carboxylic acids is 1. The Balaban J connectivity index is 2.34. The van der Waals surface area contributed by atoms with Crippen molar-refractivity contribution in [3.05, 3.63) is 75.2 Å². The van der Waals surface area contributed by atoms with Gasteiger partial charge in [0.05, 0.1) is 11.5 Å². The first kappa shape index (κ1) is 21.5. The average Bonchev–Trinajstić information content (AvgIpc) is 2.67. The number of nitro groups is 1. The Labute approximate surface area is 170 Å². The molecule has 0 spiro atoms. The normalized spacial score (nSPS) is 12.0. The van der Waals surface area contributed by atoms with E-state index < -0.39 is 28.2 Å². The van der Waals surface area contributed by atoms with Gasteiger partial charge in [-0.05, 0) is 31.2 Å². The van der Waals surface area contributed by atoms with E-state index in [2.05, 4.69) is 15.8 Å². The molecule has 152 valence electrons. The molecule has 10 nitrogen and oxygen atoms in total. The molecule has 2 rings (SSSR count). The van der Waals surface area contributed by atoms with Crippen molar-refractivity contribution in [2.45, 2.75) is 6.92 Å². The number of amidine groups is 1. The Bertz CT molecular complexity index is 962. The number of benzene rings is 2. The Hall–Kier alpha value is -3.79. The Kier molecular flexibility index (Phi) is 7.38. The Morgan fingerprint density at radius 2 is 2.00 bits per heavy atom. The number of ether oxygens (including phenoxy) is 1. The number of aliphatic hydroxyl groups excluding tert-OH is 1. The number of hydrazone groups is 1. The first-order valence-electron chi connectivity index (χ1n) is 8.29. The maximum absolute atomic E-state index is 12.6. The van der Waals surface area contributed by atoms with Gasteiger partial charge in [0.25, 0.3) is 17.5 Å². The van der Waals surface area contributed by atoms with Gasteiger partial charge < -0.3 is 20.9 Å². The molecule has 0 saturated carbocycles. The number of amides is 1. The van der Waals surface area contributed by atoms with Gasteiger partial charge in [-0.1, -0.05) is 29.8 Å². The lowest BCUT2D eigenvalue weighted by atomic mass is 10.2. The van der Waals surface area contributed by atoms with Gasteiger partial charge in [-0.2, -0.15) is 5.10 Å². The van der Waals surface area contributed by atoms with Crippen LogP contribution in [0.15, 0.2) is 65.2 Å². The van der Waals surface area contributed by atoms with Crippen molar-refractivity contribution in [3.8, 4) is 0 Å². The topological polar surface area (TPSA) is 152 Å². The molecule has 0 saturated heterocycles. The zero-order chi connectivity index (χ0) is 21.4. The predicted molar refractivity (Wildman–Crippen MR) is 110 cm³/mol. The van der Waals surface area contributed by atoms with Gasteiger partial charge in [-0.3, -0.25) is 20.3 Å². The molecule has 1 amide bonds. The van der Waals surface area contributed by atoms with Crippen LogP contribution in [0.3, 0.4) is 0 Å². The summed E-state index contributed by atoms with van der Waals surface area (Å²) in [7, 11) is 0. The zero-order valence-electron chi connectivity index (χ0n) is 15.3. The van der Waals surface area contributed by atoms with Crippen LogP contribution in [0.25, 0.3) is 0 Å². The molecule has 2 aromatic rings. The highest BCUT2D eigenvalue weighted by atomic mass is 35.5. The second kappa shape index (κ2) is 9.95. The van der Waals surface area contributed by atoms with Crippen molar-refractivity contribution < 1.29 is 19.6 Å². The highest BCUT2D eigenvalue weighted by Gasteiger charge is 2.22. The minimum Gasteiger partial charge on any atom is -0.480 e. The molecule has 0 aliphatic carbocycles. The van der Waals surface area contributed by atoms with E-state index >= 15 is 0 Å². The summed E-state index contributed by atoms with van der Waals surface area (Å²) in [4.78, 5) is 23.1. The van der Waals surface area contributed by atoms with Crippen LogP contribution in [0.4, 0.5) is 17.1 Å². The molecular formula is C18H18ClN5O5. The molecule has 0 heterocycles. The summed E-state index contributed by atoms with van der Waals surface area (Å²) in [6.45, 7) is 1.66. The van der Waals surface area contributed by atoms with E-state index in [9.17, 15) is 20.0 Å². The summed E-state index contributed by atoms with van der Waals surface area (Å²) in [5.74, 6) is -1.99. The van der Waals surface area contributed by atoms with Gasteiger partial charge in [0, 0.05) is 16.8 Å². The van der Waals surface area contributed by atoms with Crippen LogP contribution in [0.5, 0.6) is 0 Å². The third kappa shape index (κ3) is 5.84. The Morgan fingerprint density at radius 3 is 2.62 bits per heavy atom. The van der Waals surface area contributed by atoms with Crippen LogP contribution in [0, 0.1) is 10.1 Å². The van der Waals surface area contributed by atoms with Crippen molar-refractivity contribution >= 4 is 40.4 Å². The maximum atomic E-state index is 12.6. The number of hydrogen-bond acceptors (Lipinski definition) is 7. The second-order valence-corrected chi connectivity index (χ2v) is 5.90. The summed E-state index contributed by atoms with van der Waals surface area (Å²) >= 11 is 5.86.